The van der Waals surface area contributed by atoms with Crippen LogP contribution in [-0.2, 0) is 4.79 Å². The molecule has 0 spiro atoms. The molecular formula is C13H15ClN2O. The van der Waals surface area contributed by atoms with E-state index in [1.807, 2.05) is 29.2 Å². The minimum absolute atomic E-state index is 0.00356. The summed E-state index contributed by atoms with van der Waals surface area (Å²) >= 11 is 6.00. The number of hydrogen-bond donors (Lipinski definition) is 1. The topological polar surface area (TPSA) is 32.3 Å². The molecule has 17 heavy (non-hydrogen) atoms. The van der Waals surface area contributed by atoms with Crippen LogP contribution in [0.5, 0.6) is 0 Å². The first-order chi connectivity index (χ1) is 8.16. The highest BCUT2D eigenvalue weighted by Crippen LogP contribution is 2.40. The van der Waals surface area contributed by atoms with Gasteiger partial charge >= 0.3 is 0 Å². The van der Waals surface area contributed by atoms with E-state index in [0.717, 1.165) is 12.0 Å². The van der Waals surface area contributed by atoms with Crippen LogP contribution in [-0.4, -0.2) is 23.4 Å². The molecule has 4 heteroatoms. The maximum Gasteiger partial charge on any atom is 0.238 e. The lowest BCUT2D eigenvalue weighted by molar-refractivity contribution is -0.128. The molecular weight excluding hydrogens is 236 g/mol. The molecule has 3 unspecified atom stereocenters. The lowest BCUT2D eigenvalue weighted by Gasteiger charge is -2.25. The summed E-state index contributed by atoms with van der Waals surface area (Å²) in [5, 5.41) is 3.97. The van der Waals surface area contributed by atoms with Gasteiger partial charge in [0.1, 0.15) is 6.17 Å². The van der Waals surface area contributed by atoms with Gasteiger partial charge in [-0.25, -0.2) is 0 Å². The number of carbonyl (C=O) groups is 1. The molecule has 1 saturated heterocycles. The lowest BCUT2D eigenvalue weighted by Crippen LogP contribution is -2.33. The highest BCUT2D eigenvalue weighted by molar-refractivity contribution is 6.30. The number of nitrogens with zero attached hydrogens (tertiary/aromatic N) is 1. The summed E-state index contributed by atoms with van der Waals surface area (Å²) in [5.74, 6) is 0.824. The minimum Gasteiger partial charge on any atom is -0.319 e. The summed E-state index contributed by atoms with van der Waals surface area (Å²) in [6.45, 7) is 2.62. The van der Waals surface area contributed by atoms with Gasteiger partial charge in [-0.1, -0.05) is 30.7 Å². The molecule has 1 aromatic carbocycles. The lowest BCUT2D eigenvalue weighted by atomic mass is 10.1. The molecule has 0 bridgehead atoms. The monoisotopic (exact) mass is 250 g/mol. The van der Waals surface area contributed by atoms with Crippen molar-refractivity contribution in [3.8, 4) is 0 Å². The van der Waals surface area contributed by atoms with E-state index in [1.54, 1.807) is 0 Å². The Morgan fingerprint density at radius 2 is 2.24 bits per heavy atom. The fourth-order valence-electron chi connectivity index (χ4n) is 2.54. The number of hydrogen-bond acceptors (Lipinski definition) is 2. The largest absolute Gasteiger partial charge is 0.319 e. The second-order valence-corrected chi connectivity index (χ2v) is 5.36. The molecule has 2 fully saturated rings. The molecule has 90 valence electrons. The number of carbonyl (C=O) groups excluding carboxylic acids is 1. The van der Waals surface area contributed by atoms with Gasteiger partial charge in [0.05, 0.1) is 6.54 Å². The van der Waals surface area contributed by atoms with Crippen LogP contribution in [0.25, 0.3) is 0 Å². The predicted molar refractivity (Wildman–Crippen MR) is 66.6 cm³/mol. The van der Waals surface area contributed by atoms with Crippen LogP contribution < -0.4 is 5.32 Å². The van der Waals surface area contributed by atoms with Gasteiger partial charge in [-0.15, -0.1) is 0 Å². The Hall–Kier alpha value is -1.06. The summed E-state index contributed by atoms with van der Waals surface area (Å²) in [6, 6.07) is 8.13. The number of amides is 1. The van der Waals surface area contributed by atoms with E-state index in [9.17, 15) is 4.79 Å². The second-order valence-electron chi connectivity index (χ2n) is 4.92. The normalized spacial score (nSPS) is 32.0. The first-order valence-electron chi connectivity index (χ1n) is 5.97. The third-order valence-electron chi connectivity index (χ3n) is 3.60. The van der Waals surface area contributed by atoms with Gasteiger partial charge in [0.25, 0.3) is 0 Å². The third kappa shape index (κ3) is 1.94. The standard InChI is InChI=1S/C13H15ClN2O/c1-8-5-11(8)16-12(17)7-15-13(16)9-3-2-4-10(14)6-9/h2-4,6,8,11,13,15H,5,7H2,1H3. The Bertz CT molecular complexity index is 462. The van der Waals surface area contributed by atoms with Crippen molar-refractivity contribution >= 4 is 17.5 Å². The Morgan fingerprint density at radius 3 is 2.88 bits per heavy atom. The number of halogens is 1. The van der Waals surface area contributed by atoms with Gasteiger partial charge in [0.15, 0.2) is 0 Å². The third-order valence-corrected chi connectivity index (χ3v) is 3.84. The zero-order chi connectivity index (χ0) is 12.0. The molecule has 0 radical (unpaired) electrons. The average molecular weight is 251 g/mol. The number of nitrogens with one attached hydrogen (secondary N) is 1. The highest BCUT2D eigenvalue weighted by atomic mass is 35.5. The molecule has 1 saturated carbocycles. The maximum absolute atomic E-state index is 11.9. The Balaban J connectivity index is 1.89. The van der Waals surface area contributed by atoms with Crippen molar-refractivity contribution in [3.05, 3.63) is 34.9 Å². The molecule has 3 rings (SSSR count). The van der Waals surface area contributed by atoms with Gasteiger partial charge < -0.3 is 4.90 Å². The summed E-state index contributed by atoms with van der Waals surface area (Å²) in [4.78, 5) is 13.9. The van der Waals surface area contributed by atoms with Crippen molar-refractivity contribution in [2.45, 2.75) is 25.6 Å². The van der Waals surface area contributed by atoms with Gasteiger partial charge in [-0.05, 0) is 30.0 Å². The predicted octanol–water partition coefficient (Wildman–Crippen LogP) is 2.18. The SMILES string of the molecule is CC1CC1N1C(=O)CNC1c1cccc(Cl)c1. The molecule has 1 aliphatic carbocycles. The Kier molecular flexibility index (Phi) is 2.60. The van der Waals surface area contributed by atoms with E-state index < -0.39 is 0 Å². The number of benzene rings is 1. The van der Waals surface area contributed by atoms with E-state index in [0.29, 0.717) is 23.5 Å². The second kappa shape index (κ2) is 4.00. The van der Waals surface area contributed by atoms with Crippen molar-refractivity contribution in [3.63, 3.8) is 0 Å². The van der Waals surface area contributed by atoms with Crippen LogP contribution >= 0.6 is 11.6 Å². The van der Waals surface area contributed by atoms with E-state index in [1.165, 1.54) is 0 Å². The molecule has 2 aliphatic rings. The van der Waals surface area contributed by atoms with Crippen LogP contribution in [0.2, 0.25) is 5.02 Å². The van der Waals surface area contributed by atoms with Crippen molar-refractivity contribution in [1.29, 1.82) is 0 Å². The Labute approximate surface area is 106 Å². The smallest absolute Gasteiger partial charge is 0.238 e. The highest BCUT2D eigenvalue weighted by Gasteiger charge is 2.46. The average Bonchev–Trinajstić information content (AvgIpc) is 2.87. The Morgan fingerprint density at radius 1 is 1.47 bits per heavy atom. The minimum atomic E-state index is -0.00356. The van der Waals surface area contributed by atoms with Crippen molar-refractivity contribution in [2.75, 3.05) is 6.54 Å². The van der Waals surface area contributed by atoms with E-state index in [4.69, 9.17) is 11.6 Å². The summed E-state index contributed by atoms with van der Waals surface area (Å²) in [6.07, 6.45) is 1.11. The van der Waals surface area contributed by atoms with Gasteiger partial charge in [0.2, 0.25) is 5.91 Å². The first-order valence-corrected chi connectivity index (χ1v) is 6.34. The van der Waals surface area contributed by atoms with Crippen molar-refractivity contribution in [2.24, 2.45) is 5.92 Å². The summed E-state index contributed by atoms with van der Waals surface area (Å²) in [5.41, 5.74) is 1.07. The van der Waals surface area contributed by atoms with E-state index >= 15 is 0 Å². The van der Waals surface area contributed by atoms with Crippen molar-refractivity contribution < 1.29 is 4.79 Å². The molecule has 3 nitrogen and oxygen atoms in total. The van der Waals surface area contributed by atoms with Crippen LogP contribution in [0.4, 0.5) is 0 Å². The molecule has 0 aromatic heterocycles. The van der Waals surface area contributed by atoms with Gasteiger partial charge in [-0.3, -0.25) is 10.1 Å². The molecule has 1 aromatic rings. The summed E-state index contributed by atoms with van der Waals surface area (Å²) in [7, 11) is 0. The van der Waals surface area contributed by atoms with Crippen LogP contribution in [0.15, 0.2) is 24.3 Å². The molecule has 3 atom stereocenters. The fourth-order valence-corrected chi connectivity index (χ4v) is 2.74. The van der Waals surface area contributed by atoms with Crippen LogP contribution in [0.3, 0.4) is 0 Å². The van der Waals surface area contributed by atoms with E-state index in [-0.39, 0.29) is 12.1 Å². The van der Waals surface area contributed by atoms with Crippen molar-refractivity contribution in [1.82, 2.24) is 10.2 Å². The molecule has 1 amide bonds. The molecule has 1 aliphatic heterocycles. The van der Waals surface area contributed by atoms with Crippen LogP contribution in [0.1, 0.15) is 25.1 Å². The van der Waals surface area contributed by atoms with E-state index in [2.05, 4.69) is 12.2 Å². The fraction of sp³-hybridized carbons (Fsp3) is 0.462. The zero-order valence-electron chi connectivity index (χ0n) is 9.69. The molecule has 1 heterocycles. The quantitative estimate of drug-likeness (QED) is 0.873. The van der Waals surface area contributed by atoms with Crippen LogP contribution in [0, 0.1) is 5.92 Å². The maximum atomic E-state index is 11.9. The first kappa shape index (κ1) is 11.1. The number of rotatable bonds is 2. The van der Waals surface area contributed by atoms with Gasteiger partial charge in [-0.2, -0.15) is 0 Å². The summed E-state index contributed by atoms with van der Waals surface area (Å²) < 4.78 is 0. The van der Waals surface area contributed by atoms with Gasteiger partial charge in [0, 0.05) is 11.1 Å². The molecule has 1 N–H and O–H groups in total. The zero-order valence-corrected chi connectivity index (χ0v) is 10.4.